The van der Waals surface area contributed by atoms with E-state index in [9.17, 15) is 0 Å². The smallest absolute Gasteiger partial charge is 0.122 e. The second-order valence-corrected chi connectivity index (χ2v) is 5.74. The zero-order valence-corrected chi connectivity index (χ0v) is 13.0. The first-order valence-corrected chi connectivity index (χ1v) is 7.82. The molecule has 0 bridgehead atoms. The number of halogens is 1. The molecule has 106 valence electrons. The molecule has 4 heteroatoms. The Hall–Kier alpha value is -0.580. The van der Waals surface area contributed by atoms with Crippen LogP contribution in [0.15, 0.2) is 22.7 Å². The summed E-state index contributed by atoms with van der Waals surface area (Å²) >= 11 is 3.59. The van der Waals surface area contributed by atoms with Gasteiger partial charge in [0.05, 0.1) is 6.61 Å². The third kappa shape index (κ3) is 4.79. The molecule has 1 fully saturated rings. The van der Waals surface area contributed by atoms with Crippen LogP contribution < -0.4 is 10.1 Å². The number of benzene rings is 1. The lowest BCUT2D eigenvalue weighted by molar-refractivity contribution is 0.00739. The number of nitrogens with one attached hydrogen (secondary N) is 1. The number of ether oxygens (including phenoxy) is 2. The van der Waals surface area contributed by atoms with E-state index in [4.69, 9.17) is 9.47 Å². The molecule has 0 aromatic heterocycles. The molecule has 1 aromatic rings. The van der Waals surface area contributed by atoms with Crippen LogP contribution >= 0.6 is 15.9 Å². The normalized spacial score (nSPS) is 19.4. The van der Waals surface area contributed by atoms with Gasteiger partial charge in [-0.05, 0) is 49.6 Å². The first kappa shape index (κ1) is 14.8. The van der Waals surface area contributed by atoms with E-state index < -0.39 is 0 Å². The summed E-state index contributed by atoms with van der Waals surface area (Å²) in [6.45, 7) is 5.65. The van der Waals surface area contributed by atoms with Crippen LogP contribution in [0.4, 0.5) is 0 Å². The standard InChI is InChI=1S/C15H22BrNO2/c1-2-7-17-10-12-9-13(5-6-15(12)16)19-14-4-3-8-18-11-14/h5-6,9,14,17H,2-4,7-8,10-11H2,1H3. The van der Waals surface area contributed by atoms with Gasteiger partial charge in [-0.25, -0.2) is 0 Å². The Labute approximate surface area is 123 Å². The van der Waals surface area contributed by atoms with E-state index in [-0.39, 0.29) is 6.10 Å². The molecule has 0 saturated carbocycles. The SMILES string of the molecule is CCCNCc1cc(OC2CCCOC2)ccc1Br. The highest BCUT2D eigenvalue weighted by molar-refractivity contribution is 9.10. The molecule has 1 atom stereocenters. The van der Waals surface area contributed by atoms with Crippen molar-refractivity contribution in [2.45, 2.75) is 38.8 Å². The van der Waals surface area contributed by atoms with Gasteiger partial charge >= 0.3 is 0 Å². The summed E-state index contributed by atoms with van der Waals surface area (Å²) in [6, 6.07) is 6.19. The monoisotopic (exact) mass is 327 g/mol. The van der Waals surface area contributed by atoms with E-state index in [0.29, 0.717) is 6.61 Å². The molecule has 0 amide bonds. The molecule has 3 nitrogen and oxygen atoms in total. The topological polar surface area (TPSA) is 30.5 Å². The van der Waals surface area contributed by atoms with Gasteiger partial charge in [0, 0.05) is 17.6 Å². The first-order chi connectivity index (χ1) is 9.29. The van der Waals surface area contributed by atoms with Crippen molar-refractivity contribution < 1.29 is 9.47 Å². The van der Waals surface area contributed by atoms with E-state index in [1.807, 2.05) is 6.07 Å². The van der Waals surface area contributed by atoms with Crippen LogP contribution in [0.2, 0.25) is 0 Å². The van der Waals surface area contributed by atoms with Gasteiger partial charge in [0.2, 0.25) is 0 Å². The van der Waals surface area contributed by atoms with Crippen LogP contribution in [-0.4, -0.2) is 25.9 Å². The molecule has 1 saturated heterocycles. The largest absolute Gasteiger partial charge is 0.488 e. The molecule has 2 rings (SSSR count). The second-order valence-electron chi connectivity index (χ2n) is 4.89. The van der Waals surface area contributed by atoms with Crippen LogP contribution in [0.1, 0.15) is 31.7 Å². The maximum Gasteiger partial charge on any atom is 0.122 e. The van der Waals surface area contributed by atoms with E-state index in [2.05, 4.69) is 40.3 Å². The van der Waals surface area contributed by atoms with Crippen molar-refractivity contribution in [2.75, 3.05) is 19.8 Å². The van der Waals surface area contributed by atoms with Gasteiger partial charge in [0.25, 0.3) is 0 Å². The van der Waals surface area contributed by atoms with Crippen LogP contribution in [0, 0.1) is 0 Å². The lowest BCUT2D eigenvalue weighted by Crippen LogP contribution is -2.28. The Morgan fingerprint density at radius 2 is 2.37 bits per heavy atom. The molecule has 1 heterocycles. The summed E-state index contributed by atoms with van der Waals surface area (Å²) in [7, 11) is 0. The van der Waals surface area contributed by atoms with Gasteiger partial charge in [-0.15, -0.1) is 0 Å². The van der Waals surface area contributed by atoms with E-state index >= 15 is 0 Å². The first-order valence-electron chi connectivity index (χ1n) is 7.03. The van der Waals surface area contributed by atoms with Gasteiger partial charge in [-0.2, -0.15) is 0 Å². The molecule has 1 N–H and O–H groups in total. The molecule has 0 spiro atoms. The highest BCUT2D eigenvalue weighted by Crippen LogP contribution is 2.24. The average Bonchev–Trinajstić information content (AvgIpc) is 2.44. The molecule has 1 aliphatic heterocycles. The molecular weight excluding hydrogens is 306 g/mol. The van der Waals surface area contributed by atoms with E-state index in [1.54, 1.807) is 0 Å². The Morgan fingerprint density at radius 1 is 1.47 bits per heavy atom. The second kappa shape index (κ2) is 7.88. The Morgan fingerprint density at radius 3 is 3.11 bits per heavy atom. The van der Waals surface area contributed by atoms with Gasteiger partial charge < -0.3 is 14.8 Å². The zero-order valence-electron chi connectivity index (χ0n) is 11.5. The number of rotatable bonds is 6. The van der Waals surface area contributed by atoms with Crippen molar-refractivity contribution in [1.29, 1.82) is 0 Å². The Bertz CT molecular complexity index is 392. The van der Waals surface area contributed by atoms with Crippen molar-refractivity contribution in [1.82, 2.24) is 5.32 Å². The van der Waals surface area contributed by atoms with Crippen LogP contribution in [0.3, 0.4) is 0 Å². The fourth-order valence-electron chi connectivity index (χ4n) is 2.16. The van der Waals surface area contributed by atoms with Gasteiger partial charge in [-0.1, -0.05) is 22.9 Å². The predicted molar refractivity (Wildman–Crippen MR) is 80.6 cm³/mol. The molecule has 19 heavy (non-hydrogen) atoms. The van der Waals surface area contributed by atoms with Crippen LogP contribution in [0.25, 0.3) is 0 Å². The third-order valence-corrected chi connectivity index (χ3v) is 3.95. The minimum absolute atomic E-state index is 0.200. The number of hydrogen-bond donors (Lipinski definition) is 1. The summed E-state index contributed by atoms with van der Waals surface area (Å²) in [5.41, 5.74) is 1.24. The molecular formula is C15H22BrNO2. The summed E-state index contributed by atoms with van der Waals surface area (Å²) < 4.78 is 12.6. The maximum atomic E-state index is 5.98. The fraction of sp³-hybridized carbons (Fsp3) is 0.600. The van der Waals surface area contributed by atoms with Crippen molar-refractivity contribution in [3.05, 3.63) is 28.2 Å². The van der Waals surface area contributed by atoms with Gasteiger partial charge in [0.1, 0.15) is 11.9 Å². The Balaban J connectivity index is 1.94. The lowest BCUT2D eigenvalue weighted by atomic mass is 10.1. The number of hydrogen-bond acceptors (Lipinski definition) is 3. The molecule has 1 aliphatic rings. The van der Waals surface area contributed by atoms with Crippen molar-refractivity contribution in [2.24, 2.45) is 0 Å². The highest BCUT2D eigenvalue weighted by Gasteiger charge is 2.15. The highest BCUT2D eigenvalue weighted by atomic mass is 79.9. The summed E-state index contributed by atoms with van der Waals surface area (Å²) in [4.78, 5) is 0. The van der Waals surface area contributed by atoms with Crippen molar-refractivity contribution in [3.63, 3.8) is 0 Å². The minimum Gasteiger partial charge on any atom is -0.488 e. The summed E-state index contributed by atoms with van der Waals surface area (Å²) in [5, 5.41) is 3.41. The summed E-state index contributed by atoms with van der Waals surface area (Å²) in [6.07, 6.45) is 3.52. The van der Waals surface area contributed by atoms with E-state index in [1.165, 1.54) is 5.56 Å². The van der Waals surface area contributed by atoms with Crippen LogP contribution in [0.5, 0.6) is 5.75 Å². The average molecular weight is 328 g/mol. The Kier molecular flexibility index (Phi) is 6.14. The molecule has 0 radical (unpaired) electrons. The minimum atomic E-state index is 0.200. The molecule has 1 aromatic carbocycles. The lowest BCUT2D eigenvalue weighted by Gasteiger charge is -2.23. The predicted octanol–water partition coefficient (Wildman–Crippen LogP) is 3.51. The molecule has 1 unspecified atom stereocenters. The van der Waals surface area contributed by atoms with Gasteiger partial charge in [0.15, 0.2) is 0 Å². The van der Waals surface area contributed by atoms with Crippen molar-refractivity contribution >= 4 is 15.9 Å². The van der Waals surface area contributed by atoms with Crippen LogP contribution in [-0.2, 0) is 11.3 Å². The maximum absolute atomic E-state index is 5.98. The zero-order chi connectivity index (χ0) is 13.5. The summed E-state index contributed by atoms with van der Waals surface area (Å²) in [5.74, 6) is 0.937. The molecule has 0 aliphatic carbocycles. The van der Waals surface area contributed by atoms with Gasteiger partial charge in [-0.3, -0.25) is 0 Å². The third-order valence-electron chi connectivity index (χ3n) is 3.18. The quantitative estimate of drug-likeness (QED) is 0.811. The fourth-order valence-corrected chi connectivity index (χ4v) is 2.54. The van der Waals surface area contributed by atoms with E-state index in [0.717, 1.165) is 49.2 Å². The van der Waals surface area contributed by atoms with Crippen molar-refractivity contribution in [3.8, 4) is 5.75 Å².